The lowest BCUT2D eigenvalue weighted by molar-refractivity contribution is 0.172. The second-order valence-electron chi connectivity index (χ2n) is 6.44. The maximum absolute atomic E-state index is 5.68. The summed E-state index contributed by atoms with van der Waals surface area (Å²) < 4.78 is 22.3. The molecule has 3 aliphatic heterocycles. The first kappa shape index (κ1) is 12.7. The summed E-state index contributed by atoms with van der Waals surface area (Å²) in [6.45, 7) is 1.38. The molecule has 0 amide bonds. The standard InChI is InChI=1S/C19H15NO4/c1-2-12-11-3-4-15-19(24-9-21-15)14(11)7-20-18(12)13-6-17-16(5-10(1)13)22-8-23-17/h1-6,12,18,20H,7-9H2/t12-,18+/m1/s1. The quantitative estimate of drug-likeness (QED) is 0.808. The summed E-state index contributed by atoms with van der Waals surface area (Å²) >= 11 is 0. The van der Waals surface area contributed by atoms with E-state index in [1.165, 1.54) is 22.3 Å². The van der Waals surface area contributed by atoms with E-state index in [1.54, 1.807) is 0 Å². The third-order valence-electron chi connectivity index (χ3n) is 5.29. The minimum absolute atomic E-state index is 0.229. The van der Waals surface area contributed by atoms with Crippen LogP contribution in [0.1, 0.15) is 34.2 Å². The van der Waals surface area contributed by atoms with E-state index in [4.69, 9.17) is 18.9 Å². The van der Waals surface area contributed by atoms with E-state index in [1.807, 2.05) is 6.07 Å². The van der Waals surface area contributed by atoms with Gasteiger partial charge in [0.25, 0.3) is 0 Å². The van der Waals surface area contributed by atoms with Gasteiger partial charge in [-0.2, -0.15) is 0 Å². The lowest BCUT2D eigenvalue weighted by Crippen LogP contribution is -2.33. The van der Waals surface area contributed by atoms with Crippen molar-refractivity contribution in [3.8, 4) is 23.0 Å². The van der Waals surface area contributed by atoms with Crippen LogP contribution in [0.4, 0.5) is 0 Å². The Balaban J connectivity index is 1.49. The molecule has 0 aromatic heterocycles. The van der Waals surface area contributed by atoms with E-state index in [0.29, 0.717) is 13.6 Å². The lowest BCUT2D eigenvalue weighted by Gasteiger charge is -2.36. The Morgan fingerprint density at radius 2 is 1.71 bits per heavy atom. The van der Waals surface area contributed by atoms with Gasteiger partial charge in [-0.1, -0.05) is 18.2 Å². The summed E-state index contributed by atoms with van der Waals surface area (Å²) in [5.74, 6) is 3.68. The number of hydrogen-bond donors (Lipinski definition) is 1. The topological polar surface area (TPSA) is 49.0 Å². The minimum atomic E-state index is 0.229. The molecule has 2 atom stereocenters. The van der Waals surface area contributed by atoms with Crippen molar-refractivity contribution < 1.29 is 18.9 Å². The van der Waals surface area contributed by atoms with Crippen molar-refractivity contribution in [2.24, 2.45) is 0 Å². The van der Waals surface area contributed by atoms with E-state index in [-0.39, 0.29) is 12.0 Å². The Hall–Kier alpha value is -2.66. The molecule has 2 aromatic rings. The molecule has 0 unspecified atom stereocenters. The fraction of sp³-hybridized carbons (Fsp3) is 0.263. The molecule has 4 aliphatic rings. The third kappa shape index (κ3) is 1.57. The van der Waals surface area contributed by atoms with E-state index in [2.05, 4.69) is 35.7 Å². The molecular weight excluding hydrogens is 306 g/mol. The number of benzene rings is 2. The molecule has 5 heteroatoms. The monoisotopic (exact) mass is 321 g/mol. The van der Waals surface area contributed by atoms with Gasteiger partial charge in [0, 0.05) is 24.1 Å². The van der Waals surface area contributed by atoms with Crippen LogP contribution in [0.3, 0.4) is 0 Å². The largest absolute Gasteiger partial charge is 0.454 e. The van der Waals surface area contributed by atoms with Gasteiger partial charge >= 0.3 is 0 Å². The summed E-state index contributed by atoms with van der Waals surface area (Å²) in [6.07, 6.45) is 4.45. The number of fused-ring (bicyclic) bond motifs is 8. The van der Waals surface area contributed by atoms with Crippen LogP contribution >= 0.6 is 0 Å². The van der Waals surface area contributed by atoms with E-state index in [9.17, 15) is 0 Å². The molecule has 1 N–H and O–H groups in total. The van der Waals surface area contributed by atoms with Crippen molar-refractivity contribution in [3.05, 3.63) is 52.6 Å². The first-order valence-corrected chi connectivity index (χ1v) is 8.15. The Bertz CT molecular complexity index is 905. The lowest BCUT2D eigenvalue weighted by atomic mass is 9.76. The van der Waals surface area contributed by atoms with Crippen molar-refractivity contribution in [3.63, 3.8) is 0 Å². The van der Waals surface area contributed by atoms with E-state index in [0.717, 1.165) is 29.5 Å². The van der Waals surface area contributed by atoms with Gasteiger partial charge in [-0.05, 0) is 34.9 Å². The zero-order chi connectivity index (χ0) is 15.7. The van der Waals surface area contributed by atoms with Crippen molar-refractivity contribution in [1.82, 2.24) is 5.32 Å². The number of hydrogen-bond acceptors (Lipinski definition) is 5. The zero-order valence-electron chi connectivity index (χ0n) is 12.9. The van der Waals surface area contributed by atoms with Gasteiger partial charge < -0.3 is 24.3 Å². The van der Waals surface area contributed by atoms with Gasteiger partial charge in [-0.3, -0.25) is 0 Å². The molecule has 24 heavy (non-hydrogen) atoms. The molecule has 6 rings (SSSR count). The molecule has 2 aromatic carbocycles. The Labute approximate surface area is 138 Å². The van der Waals surface area contributed by atoms with Gasteiger partial charge in [0.2, 0.25) is 13.6 Å². The highest BCUT2D eigenvalue weighted by molar-refractivity contribution is 5.67. The number of rotatable bonds is 0. The molecule has 0 radical (unpaired) electrons. The van der Waals surface area contributed by atoms with Crippen LogP contribution in [0.5, 0.6) is 23.0 Å². The van der Waals surface area contributed by atoms with Gasteiger partial charge in [-0.25, -0.2) is 0 Å². The summed E-state index contributed by atoms with van der Waals surface area (Å²) in [5, 5.41) is 3.67. The molecule has 5 nitrogen and oxygen atoms in total. The van der Waals surface area contributed by atoms with Crippen LogP contribution in [0.25, 0.3) is 6.08 Å². The van der Waals surface area contributed by atoms with E-state index < -0.39 is 0 Å². The Morgan fingerprint density at radius 3 is 2.67 bits per heavy atom. The highest BCUT2D eigenvalue weighted by Gasteiger charge is 2.36. The fourth-order valence-corrected chi connectivity index (χ4v) is 4.17. The Kier molecular flexibility index (Phi) is 2.36. The second-order valence-corrected chi connectivity index (χ2v) is 6.44. The minimum Gasteiger partial charge on any atom is -0.454 e. The predicted molar refractivity (Wildman–Crippen MR) is 86.5 cm³/mol. The highest BCUT2D eigenvalue weighted by Crippen LogP contribution is 2.50. The van der Waals surface area contributed by atoms with Crippen LogP contribution < -0.4 is 24.3 Å². The van der Waals surface area contributed by atoms with Gasteiger partial charge in [0.15, 0.2) is 23.0 Å². The Morgan fingerprint density at radius 1 is 0.875 bits per heavy atom. The molecule has 0 fully saturated rings. The van der Waals surface area contributed by atoms with Gasteiger partial charge in [-0.15, -0.1) is 0 Å². The maximum atomic E-state index is 5.68. The first-order chi connectivity index (χ1) is 11.9. The van der Waals surface area contributed by atoms with Crippen LogP contribution in [-0.2, 0) is 6.54 Å². The van der Waals surface area contributed by atoms with Crippen LogP contribution in [0.2, 0.25) is 0 Å². The summed E-state index contributed by atoms with van der Waals surface area (Å²) in [6, 6.07) is 8.61. The molecule has 0 spiro atoms. The number of nitrogens with one attached hydrogen (secondary N) is 1. The van der Waals surface area contributed by atoms with Crippen LogP contribution in [0, 0.1) is 0 Å². The summed E-state index contributed by atoms with van der Waals surface area (Å²) in [4.78, 5) is 0. The average molecular weight is 321 g/mol. The first-order valence-electron chi connectivity index (χ1n) is 8.15. The smallest absolute Gasteiger partial charge is 0.231 e. The molecule has 120 valence electrons. The van der Waals surface area contributed by atoms with Crippen molar-refractivity contribution in [2.45, 2.75) is 18.5 Å². The maximum Gasteiger partial charge on any atom is 0.231 e. The normalized spacial score (nSPS) is 24.3. The van der Waals surface area contributed by atoms with E-state index >= 15 is 0 Å². The molecule has 0 bridgehead atoms. The van der Waals surface area contributed by atoms with Gasteiger partial charge in [0.1, 0.15) is 0 Å². The summed E-state index contributed by atoms with van der Waals surface area (Å²) in [7, 11) is 0. The highest BCUT2D eigenvalue weighted by atomic mass is 16.7. The average Bonchev–Trinajstić information content (AvgIpc) is 3.27. The molecule has 0 saturated carbocycles. The second kappa shape index (κ2) is 4.45. The van der Waals surface area contributed by atoms with Crippen molar-refractivity contribution in [1.29, 1.82) is 0 Å². The van der Waals surface area contributed by atoms with Crippen molar-refractivity contribution in [2.75, 3.05) is 13.6 Å². The molecule has 1 aliphatic carbocycles. The van der Waals surface area contributed by atoms with Crippen LogP contribution in [-0.4, -0.2) is 13.6 Å². The zero-order valence-corrected chi connectivity index (χ0v) is 12.9. The SMILES string of the molecule is C1=C[C@@H]2c3ccc4c(c3CN[C@@H]2c2cc3c(cc21)OCO3)OCO4. The third-order valence-corrected chi connectivity index (χ3v) is 5.29. The summed E-state index contributed by atoms with van der Waals surface area (Å²) in [5.41, 5.74) is 4.97. The molecular formula is C19H15NO4. The van der Waals surface area contributed by atoms with Gasteiger partial charge in [0.05, 0.1) is 0 Å². The predicted octanol–water partition coefficient (Wildman–Crippen LogP) is 3.10. The fourth-order valence-electron chi connectivity index (χ4n) is 4.17. The number of ether oxygens (including phenoxy) is 4. The molecule has 3 heterocycles. The van der Waals surface area contributed by atoms with Crippen molar-refractivity contribution >= 4 is 6.08 Å². The molecule has 0 saturated heterocycles. The van der Waals surface area contributed by atoms with Crippen LogP contribution in [0.15, 0.2) is 30.3 Å².